The summed E-state index contributed by atoms with van der Waals surface area (Å²) in [5.74, 6) is 0. The average Bonchev–Trinajstić information content (AvgIpc) is 2.28. The first-order valence-corrected chi connectivity index (χ1v) is 6.00. The number of nitriles is 1. The topological polar surface area (TPSA) is 73.9 Å². The third-order valence-corrected chi connectivity index (χ3v) is 2.80. The van der Waals surface area contributed by atoms with Gasteiger partial charge in [0.15, 0.2) is 0 Å². The zero-order valence-electron chi connectivity index (χ0n) is 9.42. The first-order valence-electron chi connectivity index (χ1n) is 4.83. The highest BCUT2D eigenvalue weighted by Gasteiger charge is 2.05. The molecule has 1 aromatic carbocycles. The highest BCUT2D eigenvalue weighted by atomic mass is 35.5. The van der Waals surface area contributed by atoms with Crippen LogP contribution in [0.5, 0.6) is 0 Å². The van der Waals surface area contributed by atoms with Crippen molar-refractivity contribution in [2.45, 2.75) is 6.92 Å². The third kappa shape index (κ3) is 3.77. The van der Waals surface area contributed by atoms with Crippen molar-refractivity contribution in [2.24, 2.45) is 5.73 Å². The molecule has 0 unspecified atom stereocenters. The van der Waals surface area contributed by atoms with E-state index >= 15 is 0 Å². The normalized spacial score (nSPS) is 11.2. The number of hydrazine groups is 1. The van der Waals surface area contributed by atoms with Crippen LogP contribution in [-0.4, -0.2) is 4.99 Å². The lowest BCUT2D eigenvalue weighted by atomic mass is 10.2. The molecule has 0 radical (unpaired) electrons. The minimum Gasteiger partial charge on any atom is -0.389 e. The summed E-state index contributed by atoms with van der Waals surface area (Å²) in [6.45, 7) is 1.68. The minimum absolute atomic E-state index is 0.0338. The lowest BCUT2D eigenvalue weighted by molar-refractivity contribution is 0.955. The van der Waals surface area contributed by atoms with Gasteiger partial charge in [-0.15, -0.1) is 0 Å². The summed E-state index contributed by atoms with van der Waals surface area (Å²) in [7, 11) is 0. The molecule has 0 aromatic heterocycles. The Morgan fingerprint density at radius 1 is 1.44 bits per heavy atom. The number of benzene rings is 1. The molecule has 0 aliphatic rings. The molecule has 0 fully saturated rings. The number of anilines is 1. The van der Waals surface area contributed by atoms with Crippen LogP contribution >= 0.6 is 35.4 Å². The van der Waals surface area contributed by atoms with E-state index in [1.54, 1.807) is 25.1 Å². The summed E-state index contributed by atoms with van der Waals surface area (Å²) in [5.41, 5.74) is 12.4. The van der Waals surface area contributed by atoms with E-state index in [9.17, 15) is 0 Å². The number of hydrogen-bond donors (Lipinski definition) is 3. The molecule has 0 atom stereocenters. The molecular formula is C11H10Cl2N4S. The Morgan fingerprint density at radius 2 is 2.11 bits per heavy atom. The van der Waals surface area contributed by atoms with E-state index in [-0.39, 0.29) is 10.6 Å². The molecule has 7 heteroatoms. The number of hydrogen-bond acceptors (Lipinski definition) is 4. The van der Waals surface area contributed by atoms with Gasteiger partial charge in [-0.2, -0.15) is 5.26 Å². The first-order chi connectivity index (χ1) is 8.45. The van der Waals surface area contributed by atoms with Crippen molar-refractivity contribution >= 4 is 46.1 Å². The highest BCUT2D eigenvalue weighted by molar-refractivity contribution is 7.80. The van der Waals surface area contributed by atoms with Gasteiger partial charge in [-0.3, -0.25) is 5.43 Å². The summed E-state index contributed by atoms with van der Waals surface area (Å²) >= 11 is 16.5. The van der Waals surface area contributed by atoms with E-state index in [1.165, 1.54) is 0 Å². The fourth-order valence-corrected chi connectivity index (χ4v) is 1.79. The minimum atomic E-state index is 0.0338. The molecular weight excluding hydrogens is 291 g/mol. The molecule has 94 valence electrons. The van der Waals surface area contributed by atoms with Gasteiger partial charge in [0, 0.05) is 10.7 Å². The second kappa shape index (κ2) is 6.45. The SMILES string of the molecule is C/C(NNc1ccc(Cl)cc1Cl)=C(\C#N)C(N)=S. The lowest BCUT2D eigenvalue weighted by Gasteiger charge is -2.12. The molecule has 4 nitrogen and oxygen atoms in total. The molecule has 0 aliphatic carbocycles. The fourth-order valence-electron chi connectivity index (χ4n) is 1.14. The van der Waals surface area contributed by atoms with Crippen molar-refractivity contribution in [1.29, 1.82) is 5.26 Å². The van der Waals surface area contributed by atoms with Crippen LogP contribution < -0.4 is 16.6 Å². The number of rotatable bonds is 4. The molecule has 18 heavy (non-hydrogen) atoms. The van der Waals surface area contributed by atoms with Crippen LogP contribution in [0, 0.1) is 11.3 Å². The predicted molar refractivity (Wildman–Crippen MR) is 78.3 cm³/mol. The van der Waals surface area contributed by atoms with Crippen molar-refractivity contribution in [2.75, 3.05) is 5.43 Å². The van der Waals surface area contributed by atoms with Crippen molar-refractivity contribution in [3.8, 4) is 6.07 Å². The van der Waals surface area contributed by atoms with Gasteiger partial charge >= 0.3 is 0 Å². The van der Waals surface area contributed by atoms with Crippen LogP contribution in [0.3, 0.4) is 0 Å². The van der Waals surface area contributed by atoms with E-state index in [1.807, 2.05) is 6.07 Å². The largest absolute Gasteiger partial charge is 0.389 e. The van der Waals surface area contributed by atoms with E-state index in [0.29, 0.717) is 21.4 Å². The van der Waals surface area contributed by atoms with Crippen molar-refractivity contribution in [1.82, 2.24) is 5.43 Å². The average molecular weight is 301 g/mol. The zero-order chi connectivity index (χ0) is 13.7. The Hall–Kier alpha value is -1.48. The summed E-state index contributed by atoms with van der Waals surface area (Å²) in [4.78, 5) is 0.0338. The van der Waals surface area contributed by atoms with Crippen LogP contribution in [0.1, 0.15) is 6.92 Å². The Balaban J connectivity index is 2.83. The maximum absolute atomic E-state index is 8.87. The van der Waals surface area contributed by atoms with Gasteiger partial charge in [0.25, 0.3) is 0 Å². The predicted octanol–water partition coefficient (Wildman–Crippen LogP) is 2.99. The Morgan fingerprint density at radius 3 is 2.61 bits per heavy atom. The van der Waals surface area contributed by atoms with E-state index in [2.05, 4.69) is 10.9 Å². The number of nitrogens with two attached hydrogens (primary N) is 1. The van der Waals surface area contributed by atoms with Gasteiger partial charge in [-0.05, 0) is 25.1 Å². The molecule has 1 rings (SSSR count). The third-order valence-electron chi connectivity index (χ3n) is 2.05. The first kappa shape index (κ1) is 14.6. The van der Waals surface area contributed by atoms with E-state index in [4.69, 9.17) is 46.4 Å². The summed E-state index contributed by atoms with van der Waals surface area (Å²) in [5, 5.41) is 9.86. The highest BCUT2D eigenvalue weighted by Crippen LogP contribution is 2.24. The maximum atomic E-state index is 8.87. The van der Waals surface area contributed by atoms with Crippen molar-refractivity contribution < 1.29 is 0 Å². The lowest BCUT2D eigenvalue weighted by Crippen LogP contribution is -2.24. The molecule has 0 heterocycles. The second-order valence-corrected chi connectivity index (χ2v) is 4.63. The van der Waals surface area contributed by atoms with Crippen LogP contribution in [0.15, 0.2) is 29.5 Å². The quantitative estimate of drug-likeness (QED) is 0.345. The fraction of sp³-hybridized carbons (Fsp3) is 0.0909. The number of nitrogens with one attached hydrogen (secondary N) is 2. The molecule has 0 bridgehead atoms. The summed E-state index contributed by atoms with van der Waals surface area (Å²) in [6, 6.07) is 6.92. The molecule has 1 aromatic rings. The summed E-state index contributed by atoms with van der Waals surface area (Å²) < 4.78 is 0. The number of allylic oxidation sites excluding steroid dienone is 1. The van der Waals surface area contributed by atoms with E-state index < -0.39 is 0 Å². The standard InChI is InChI=1S/C11H10Cl2N4S/c1-6(8(5-14)11(15)18)16-17-10-3-2-7(12)4-9(10)13/h2-4,16-17H,1H3,(H2,15,18)/b8-6-. The Labute approximate surface area is 120 Å². The summed E-state index contributed by atoms with van der Waals surface area (Å²) in [6.07, 6.45) is 0. The number of thiocarbonyl (C=S) groups is 1. The van der Waals surface area contributed by atoms with E-state index in [0.717, 1.165) is 0 Å². The van der Waals surface area contributed by atoms with Crippen LogP contribution in [0.25, 0.3) is 0 Å². The van der Waals surface area contributed by atoms with Gasteiger partial charge < -0.3 is 11.2 Å². The Kier molecular flexibility index (Phi) is 5.23. The van der Waals surface area contributed by atoms with Crippen LogP contribution in [-0.2, 0) is 0 Å². The zero-order valence-corrected chi connectivity index (χ0v) is 11.7. The van der Waals surface area contributed by atoms with Crippen LogP contribution in [0.2, 0.25) is 10.0 Å². The molecule has 0 amide bonds. The number of halogens is 2. The van der Waals surface area contributed by atoms with Gasteiger partial charge in [0.1, 0.15) is 16.6 Å². The molecule has 0 saturated carbocycles. The second-order valence-electron chi connectivity index (χ2n) is 3.35. The van der Waals surface area contributed by atoms with Crippen molar-refractivity contribution in [3.05, 3.63) is 39.5 Å². The van der Waals surface area contributed by atoms with Gasteiger partial charge in [-0.1, -0.05) is 35.4 Å². The van der Waals surface area contributed by atoms with Gasteiger partial charge in [0.05, 0.1) is 10.7 Å². The number of nitrogens with zero attached hydrogens (tertiary/aromatic N) is 1. The van der Waals surface area contributed by atoms with Crippen molar-refractivity contribution in [3.63, 3.8) is 0 Å². The molecule has 0 aliphatic heterocycles. The van der Waals surface area contributed by atoms with Crippen LogP contribution in [0.4, 0.5) is 5.69 Å². The Bertz CT molecular complexity index is 548. The smallest absolute Gasteiger partial charge is 0.116 e. The maximum Gasteiger partial charge on any atom is 0.116 e. The molecule has 4 N–H and O–H groups in total. The van der Waals surface area contributed by atoms with Gasteiger partial charge in [-0.25, -0.2) is 0 Å². The van der Waals surface area contributed by atoms with Gasteiger partial charge in [0.2, 0.25) is 0 Å². The molecule has 0 saturated heterocycles. The monoisotopic (exact) mass is 300 g/mol. The molecule has 0 spiro atoms.